The predicted molar refractivity (Wildman–Crippen MR) is 66.1 cm³/mol. The molecule has 5 heteroatoms. The quantitative estimate of drug-likeness (QED) is 0.844. The summed E-state index contributed by atoms with van der Waals surface area (Å²) < 4.78 is 6.53. The zero-order valence-electron chi connectivity index (χ0n) is 7.90. The Hall–Kier alpha value is 0.0400. The third kappa shape index (κ3) is 2.78. The number of hydrogen-bond acceptors (Lipinski definition) is 2. The van der Waals surface area contributed by atoms with Gasteiger partial charge in [-0.3, -0.25) is 0 Å². The smallest absolute Gasteiger partial charge is 0.139 e. The van der Waals surface area contributed by atoms with Crippen molar-refractivity contribution in [3.8, 4) is 5.75 Å². The lowest BCUT2D eigenvalue weighted by Gasteiger charge is -2.14. The minimum Gasteiger partial charge on any atom is -0.487 e. The van der Waals surface area contributed by atoms with Crippen LogP contribution in [-0.2, 0) is 0 Å². The highest BCUT2D eigenvalue weighted by atomic mass is 79.9. The molecule has 2 nitrogen and oxygen atoms in total. The zero-order valence-corrected chi connectivity index (χ0v) is 11.0. The van der Waals surface area contributed by atoms with Crippen LogP contribution in [0.1, 0.15) is 6.42 Å². The summed E-state index contributed by atoms with van der Waals surface area (Å²) in [6.45, 7) is 1.86. The Morgan fingerprint density at radius 1 is 1.33 bits per heavy atom. The van der Waals surface area contributed by atoms with Gasteiger partial charge in [0.25, 0.3) is 0 Å². The van der Waals surface area contributed by atoms with Crippen LogP contribution in [0, 0.1) is 0 Å². The van der Waals surface area contributed by atoms with Crippen LogP contribution in [0.2, 0.25) is 10.0 Å². The first-order chi connectivity index (χ1) is 7.16. The first-order valence-corrected chi connectivity index (χ1v) is 6.23. The molecule has 1 atom stereocenters. The van der Waals surface area contributed by atoms with Crippen molar-refractivity contribution in [1.82, 2.24) is 5.32 Å². The summed E-state index contributed by atoms with van der Waals surface area (Å²) in [6.07, 6.45) is 1.20. The van der Waals surface area contributed by atoms with E-state index in [0.717, 1.165) is 24.0 Å². The average Bonchev–Trinajstić information content (AvgIpc) is 2.67. The van der Waals surface area contributed by atoms with Crippen LogP contribution in [-0.4, -0.2) is 19.2 Å². The van der Waals surface area contributed by atoms with Gasteiger partial charge in [0.15, 0.2) is 0 Å². The van der Waals surface area contributed by atoms with Crippen molar-refractivity contribution in [2.45, 2.75) is 12.5 Å². The maximum atomic E-state index is 6.05. The molecular weight excluding hydrogens is 301 g/mol. The summed E-state index contributed by atoms with van der Waals surface area (Å²) in [5.74, 6) is 0.651. The molecule has 0 radical (unpaired) electrons. The summed E-state index contributed by atoms with van der Waals surface area (Å²) in [4.78, 5) is 0. The van der Waals surface area contributed by atoms with E-state index in [4.69, 9.17) is 27.9 Å². The topological polar surface area (TPSA) is 21.3 Å². The van der Waals surface area contributed by atoms with Crippen molar-refractivity contribution >= 4 is 39.1 Å². The number of ether oxygens (including phenoxy) is 1. The molecule has 0 aromatic heterocycles. The normalized spacial score (nSPS) is 20.6. The van der Waals surface area contributed by atoms with Crippen LogP contribution in [0.15, 0.2) is 16.6 Å². The van der Waals surface area contributed by atoms with Crippen molar-refractivity contribution in [1.29, 1.82) is 0 Å². The molecule has 1 fully saturated rings. The fourth-order valence-corrected chi connectivity index (χ4v) is 2.34. The fraction of sp³-hybridized carbons (Fsp3) is 0.400. The second-order valence-electron chi connectivity index (χ2n) is 3.43. The first kappa shape index (κ1) is 11.5. The third-order valence-corrected chi connectivity index (χ3v) is 3.78. The minimum absolute atomic E-state index is 0.194. The Balaban J connectivity index is 2.16. The number of halogens is 3. The van der Waals surface area contributed by atoms with Crippen LogP contribution in [0.5, 0.6) is 5.75 Å². The second-order valence-corrected chi connectivity index (χ2v) is 5.10. The van der Waals surface area contributed by atoms with E-state index in [9.17, 15) is 0 Å². The predicted octanol–water partition coefficient (Wildman–Crippen LogP) is 3.50. The molecule has 0 amide bonds. The lowest BCUT2D eigenvalue weighted by molar-refractivity contribution is 0.223. The van der Waals surface area contributed by atoms with E-state index in [2.05, 4.69) is 21.2 Å². The zero-order chi connectivity index (χ0) is 10.8. The summed E-state index contributed by atoms with van der Waals surface area (Å²) in [7, 11) is 0. The molecule has 1 aliphatic rings. The van der Waals surface area contributed by atoms with Crippen molar-refractivity contribution < 1.29 is 4.74 Å². The summed E-state index contributed by atoms with van der Waals surface area (Å²) >= 11 is 15.3. The second kappa shape index (κ2) is 4.91. The Labute approximate surface area is 107 Å². The molecule has 1 aromatic rings. The number of hydrogen-bond donors (Lipinski definition) is 1. The van der Waals surface area contributed by atoms with Gasteiger partial charge in [0.2, 0.25) is 0 Å². The summed E-state index contributed by atoms with van der Waals surface area (Å²) in [5.41, 5.74) is 0. The molecule has 0 bridgehead atoms. The Bertz CT molecular complexity index is 367. The van der Waals surface area contributed by atoms with E-state index < -0.39 is 0 Å². The SMILES string of the molecule is Clc1cc(O[C@H]2CCNC2)c(Cl)cc1Br. The Morgan fingerprint density at radius 2 is 2.13 bits per heavy atom. The van der Waals surface area contributed by atoms with Crippen LogP contribution >= 0.6 is 39.1 Å². The van der Waals surface area contributed by atoms with Gasteiger partial charge in [0.05, 0.1) is 10.0 Å². The molecule has 0 spiro atoms. The molecular formula is C10H10BrCl2NO. The Morgan fingerprint density at radius 3 is 2.80 bits per heavy atom. The van der Waals surface area contributed by atoms with Gasteiger partial charge in [-0.05, 0) is 35.0 Å². The summed E-state index contributed by atoms with van der Waals surface area (Å²) in [6, 6.07) is 3.49. The van der Waals surface area contributed by atoms with E-state index in [1.807, 2.05) is 0 Å². The summed E-state index contributed by atoms with van der Waals surface area (Å²) in [5, 5.41) is 4.42. The van der Waals surface area contributed by atoms with Gasteiger partial charge in [-0.2, -0.15) is 0 Å². The fourth-order valence-electron chi connectivity index (χ4n) is 1.50. The van der Waals surface area contributed by atoms with Crippen molar-refractivity contribution in [3.05, 3.63) is 26.7 Å². The Kier molecular flexibility index (Phi) is 3.78. The van der Waals surface area contributed by atoms with Crippen molar-refractivity contribution in [2.24, 2.45) is 0 Å². The average molecular weight is 311 g/mol. The molecule has 1 heterocycles. The first-order valence-electron chi connectivity index (χ1n) is 4.69. The van der Waals surface area contributed by atoms with E-state index in [0.29, 0.717) is 15.8 Å². The molecule has 0 saturated carbocycles. The van der Waals surface area contributed by atoms with Crippen LogP contribution in [0.4, 0.5) is 0 Å². The van der Waals surface area contributed by atoms with Gasteiger partial charge < -0.3 is 10.1 Å². The van der Waals surface area contributed by atoms with E-state index in [-0.39, 0.29) is 6.10 Å². The van der Waals surface area contributed by atoms with E-state index >= 15 is 0 Å². The highest BCUT2D eigenvalue weighted by Crippen LogP contribution is 2.34. The van der Waals surface area contributed by atoms with E-state index in [1.54, 1.807) is 12.1 Å². The van der Waals surface area contributed by atoms with Crippen LogP contribution < -0.4 is 10.1 Å². The van der Waals surface area contributed by atoms with Crippen molar-refractivity contribution in [2.75, 3.05) is 13.1 Å². The third-order valence-electron chi connectivity index (χ3n) is 2.28. The van der Waals surface area contributed by atoms with E-state index in [1.165, 1.54) is 0 Å². The monoisotopic (exact) mass is 309 g/mol. The van der Waals surface area contributed by atoms with Crippen LogP contribution in [0.3, 0.4) is 0 Å². The van der Waals surface area contributed by atoms with Crippen molar-refractivity contribution in [3.63, 3.8) is 0 Å². The maximum absolute atomic E-state index is 6.05. The molecule has 0 unspecified atom stereocenters. The van der Waals surface area contributed by atoms with Gasteiger partial charge in [-0.1, -0.05) is 23.2 Å². The molecule has 0 aliphatic carbocycles. The lowest BCUT2D eigenvalue weighted by Crippen LogP contribution is -2.19. The standard InChI is InChI=1S/C10H10BrCl2NO/c11-7-3-9(13)10(4-8(7)12)15-6-1-2-14-5-6/h3-4,6,14H,1-2,5H2/t6-/m0/s1. The number of rotatable bonds is 2. The highest BCUT2D eigenvalue weighted by Gasteiger charge is 2.17. The van der Waals surface area contributed by atoms with Gasteiger partial charge in [-0.15, -0.1) is 0 Å². The molecule has 1 aliphatic heterocycles. The molecule has 1 aromatic carbocycles. The lowest BCUT2D eigenvalue weighted by atomic mass is 10.3. The molecule has 82 valence electrons. The molecule has 1 N–H and O–H groups in total. The maximum Gasteiger partial charge on any atom is 0.139 e. The minimum atomic E-state index is 0.194. The largest absolute Gasteiger partial charge is 0.487 e. The molecule has 15 heavy (non-hydrogen) atoms. The van der Waals surface area contributed by atoms with Gasteiger partial charge >= 0.3 is 0 Å². The molecule has 1 saturated heterocycles. The number of nitrogens with one attached hydrogen (secondary N) is 1. The van der Waals surface area contributed by atoms with Gasteiger partial charge in [-0.25, -0.2) is 0 Å². The van der Waals surface area contributed by atoms with Crippen LogP contribution in [0.25, 0.3) is 0 Å². The van der Waals surface area contributed by atoms with Gasteiger partial charge in [0.1, 0.15) is 11.9 Å². The number of benzene rings is 1. The highest BCUT2D eigenvalue weighted by molar-refractivity contribution is 9.10. The molecule has 2 rings (SSSR count). The van der Waals surface area contributed by atoms with Gasteiger partial charge in [0, 0.05) is 17.1 Å².